The van der Waals surface area contributed by atoms with Gasteiger partial charge < -0.3 is 10.6 Å². The third-order valence-corrected chi connectivity index (χ3v) is 4.15. The highest BCUT2D eigenvalue weighted by atomic mass is 16.1. The van der Waals surface area contributed by atoms with Crippen LogP contribution in [0.3, 0.4) is 0 Å². The lowest BCUT2D eigenvalue weighted by Gasteiger charge is -2.16. The van der Waals surface area contributed by atoms with Gasteiger partial charge in [0.15, 0.2) is 0 Å². The second-order valence-corrected chi connectivity index (χ2v) is 5.72. The molecule has 1 amide bonds. The van der Waals surface area contributed by atoms with Gasteiger partial charge in [-0.3, -0.25) is 4.79 Å². The molecule has 0 spiro atoms. The predicted octanol–water partition coefficient (Wildman–Crippen LogP) is 2.96. The van der Waals surface area contributed by atoms with E-state index in [1.54, 1.807) is 0 Å². The fourth-order valence-electron chi connectivity index (χ4n) is 2.75. The summed E-state index contributed by atoms with van der Waals surface area (Å²) < 4.78 is 0. The molecule has 1 aromatic carbocycles. The molecule has 0 bridgehead atoms. The van der Waals surface area contributed by atoms with Gasteiger partial charge in [0.2, 0.25) is 5.91 Å². The van der Waals surface area contributed by atoms with Crippen molar-refractivity contribution in [1.29, 1.82) is 0 Å². The molecule has 1 saturated heterocycles. The Bertz CT molecular complexity index is 421. The lowest BCUT2D eigenvalue weighted by Crippen LogP contribution is -2.29. The maximum absolute atomic E-state index is 12.0. The summed E-state index contributed by atoms with van der Waals surface area (Å²) >= 11 is 0. The standard InChI is InChI=1S/C17H26N2O/c1-3-14-6-8-15(9-7-14)13(2)19-17(20)11-10-16-5-4-12-18-16/h6-9,13,16,18H,3-5,10-12H2,1-2H3,(H,19,20). The van der Waals surface area contributed by atoms with Crippen molar-refractivity contribution >= 4 is 5.91 Å². The van der Waals surface area contributed by atoms with Crippen molar-refractivity contribution in [3.05, 3.63) is 35.4 Å². The molecule has 1 fully saturated rings. The Kier molecular flexibility index (Phi) is 5.60. The monoisotopic (exact) mass is 274 g/mol. The van der Waals surface area contributed by atoms with Crippen LogP contribution in [0.4, 0.5) is 0 Å². The molecule has 2 rings (SSSR count). The summed E-state index contributed by atoms with van der Waals surface area (Å²) in [5, 5.41) is 6.52. The van der Waals surface area contributed by atoms with Crippen LogP contribution in [0.2, 0.25) is 0 Å². The largest absolute Gasteiger partial charge is 0.350 e. The van der Waals surface area contributed by atoms with Gasteiger partial charge in [-0.2, -0.15) is 0 Å². The van der Waals surface area contributed by atoms with Gasteiger partial charge in [0.25, 0.3) is 0 Å². The van der Waals surface area contributed by atoms with Gasteiger partial charge in [0, 0.05) is 12.5 Å². The average Bonchev–Trinajstić information content (AvgIpc) is 2.98. The maximum Gasteiger partial charge on any atom is 0.220 e. The first-order chi connectivity index (χ1) is 9.69. The molecule has 2 atom stereocenters. The fourth-order valence-corrected chi connectivity index (χ4v) is 2.75. The molecular formula is C17H26N2O. The van der Waals surface area contributed by atoms with Crippen molar-refractivity contribution < 1.29 is 4.79 Å². The van der Waals surface area contributed by atoms with E-state index in [1.807, 2.05) is 6.92 Å². The second-order valence-electron chi connectivity index (χ2n) is 5.72. The number of amides is 1. The van der Waals surface area contributed by atoms with E-state index in [0.29, 0.717) is 12.5 Å². The highest BCUT2D eigenvalue weighted by Gasteiger charge is 2.16. The topological polar surface area (TPSA) is 41.1 Å². The van der Waals surface area contributed by atoms with Gasteiger partial charge in [-0.25, -0.2) is 0 Å². The third kappa shape index (κ3) is 4.34. The van der Waals surface area contributed by atoms with E-state index in [2.05, 4.69) is 41.8 Å². The van der Waals surface area contributed by atoms with E-state index < -0.39 is 0 Å². The second kappa shape index (κ2) is 7.44. The van der Waals surface area contributed by atoms with Crippen LogP contribution in [0.1, 0.15) is 56.7 Å². The number of hydrogen-bond donors (Lipinski definition) is 2. The zero-order valence-electron chi connectivity index (χ0n) is 12.6. The van der Waals surface area contributed by atoms with Crippen molar-refractivity contribution in [3.63, 3.8) is 0 Å². The van der Waals surface area contributed by atoms with Gasteiger partial charge in [-0.1, -0.05) is 31.2 Å². The molecule has 2 unspecified atom stereocenters. The first kappa shape index (κ1) is 15.0. The Balaban J connectivity index is 1.77. The summed E-state index contributed by atoms with van der Waals surface area (Å²) in [4.78, 5) is 12.0. The Morgan fingerprint density at radius 3 is 2.75 bits per heavy atom. The van der Waals surface area contributed by atoms with Crippen LogP contribution < -0.4 is 10.6 Å². The van der Waals surface area contributed by atoms with E-state index in [-0.39, 0.29) is 11.9 Å². The Hall–Kier alpha value is -1.35. The molecule has 0 radical (unpaired) electrons. The number of aryl methyl sites for hydroxylation is 1. The normalized spacial score (nSPS) is 19.8. The summed E-state index contributed by atoms with van der Waals surface area (Å²) in [6, 6.07) is 9.13. The van der Waals surface area contributed by atoms with E-state index in [0.717, 1.165) is 19.4 Å². The molecule has 3 nitrogen and oxygen atoms in total. The first-order valence-electron chi connectivity index (χ1n) is 7.80. The summed E-state index contributed by atoms with van der Waals surface area (Å²) in [5.41, 5.74) is 2.51. The van der Waals surface area contributed by atoms with Crippen molar-refractivity contribution in [2.75, 3.05) is 6.54 Å². The van der Waals surface area contributed by atoms with Crippen LogP contribution >= 0.6 is 0 Å². The van der Waals surface area contributed by atoms with E-state index in [9.17, 15) is 4.79 Å². The maximum atomic E-state index is 12.0. The Morgan fingerprint density at radius 1 is 1.40 bits per heavy atom. The molecule has 110 valence electrons. The predicted molar refractivity (Wildman–Crippen MR) is 82.6 cm³/mol. The Morgan fingerprint density at radius 2 is 2.15 bits per heavy atom. The van der Waals surface area contributed by atoms with Crippen LogP contribution in [-0.4, -0.2) is 18.5 Å². The number of hydrogen-bond acceptors (Lipinski definition) is 2. The number of carbonyl (C=O) groups excluding carboxylic acids is 1. The average molecular weight is 274 g/mol. The molecule has 0 aliphatic carbocycles. The van der Waals surface area contributed by atoms with Gasteiger partial charge >= 0.3 is 0 Å². The fraction of sp³-hybridized carbons (Fsp3) is 0.588. The zero-order valence-corrected chi connectivity index (χ0v) is 12.6. The van der Waals surface area contributed by atoms with Crippen molar-refractivity contribution in [3.8, 4) is 0 Å². The van der Waals surface area contributed by atoms with Crippen LogP contribution in [0, 0.1) is 0 Å². The van der Waals surface area contributed by atoms with Crippen LogP contribution in [0.5, 0.6) is 0 Å². The molecule has 1 aliphatic rings. The molecule has 1 aliphatic heterocycles. The molecule has 0 aromatic heterocycles. The van der Waals surface area contributed by atoms with Gasteiger partial charge in [-0.15, -0.1) is 0 Å². The molecule has 1 aromatic rings. The molecule has 2 N–H and O–H groups in total. The van der Waals surface area contributed by atoms with Crippen molar-refractivity contribution in [1.82, 2.24) is 10.6 Å². The highest BCUT2D eigenvalue weighted by Crippen LogP contribution is 2.15. The SMILES string of the molecule is CCc1ccc(C(C)NC(=O)CCC2CCCN2)cc1. The molecular weight excluding hydrogens is 248 g/mol. The smallest absolute Gasteiger partial charge is 0.220 e. The van der Waals surface area contributed by atoms with Gasteiger partial charge in [-0.05, 0) is 50.3 Å². The number of benzene rings is 1. The van der Waals surface area contributed by atoms with Crippen LogP contribution in [-0.2, 0) is 11.2 Å². The Labute approximate surface area is 122 Å². The van der Waals surface area contributed by atoms with Crippen LogP contribution in [0.15, 0.2) is 24.3 Å². The molecule has 1 heterocycles. The minimum absolute atomic E-state index is 0.0879. The van der Waals surface area contributed by atoms with Gasteiger partial charge in [0.05, 0.1) is 6.04 Å². The number of carbonyl (C=O) groups is 1. The van der Waals surface area contributed by atoms with Gasteiger partial charge in [0.1, 0.15) is 0 Å². The quantitative estimate of drug-likeness (QED) is 0.837. The van der Waals surface area contributed by atoms with E-state index in [1.165, 1.54) is 24.0 Å². The summed E-state index contributed by atoms with van der Waals surface area (Å²) in [6.45, 7) is 5.30. The summed E-state index contributed by atoms with van der Waals surface area (Å²) in [7, 11) is 0. The van der Waals surface area contributed by atoms with Crippen molar-refractivity contribution in [2.24, 2.45) is 0 Å². The molecule has 3 heteroatoms. The summed E-state index contributed by atoms with van der Waals surface area (Å²) in [6.07, 6.45) is 5.07. The van der Waals surface area contributed by atoms with E-state index >= 15 is 0 Å². The highest BCUT2D eigenvalue weighted by molar-refractivity contribution is 5.76. The van der Waals surface area contributed by atoms with Crippen LogP contribution in [0.25, 0.3) is 0 Å². The first-order valence-corrected chi connectivity index (χ1v) is 7.80. The minimum atomic E-state index is 0.0879. The lowest BCUT2D eigenvalue weighted by molar-refractivity contribution is -0.121. The number of rotatable bonds is 6. The van der Waals surface area contributed by atoms with Crippen molar-refractivity contribution in [2.45, 2.75) is 58.0 Å². The molecule has 20 heavy (non-hydrogen) atoms. The summed E-state index contributed by atoms with van der Waals surface area (Å²) in [5.74, 6) is 0.158. The number of nitrogens with one attached hydrogen (secondary N) is 2. The lowest BCUT2D eigenvalue weighted by atomic mass is 10.0. The van der Waals surface area contributed by atoms with E-state index in [4.69, 9.17) is 0 Å². The third-order valence-electron chi connectivity index (χ3n) is 4.15. The minimum Gasteiger partial charge on any atom is -0.350 e. The molecule has 0 saturated carbocycles. The zero-order chi connectivity index (χ0) is 14.4.